The van der Waals surface area contributed by atoms with E-state index in [0.717, 1.165) is 12.8 Å². The molecule has 1 unspecified atom stereocenters. The molecule has 1 aliphatic heterocycles. The van der Waals surface area contributed by atoms with Crippen molar-refractivity contribution in [2.45, 2.75) is 38.8 Å². The maximum absolute atomic E-state index is 11.2. The Morgan fingerprint density at radius 1 is 1.64 bits per heavy atom. The zero-order valence-electron chi connectivity index (χ0n) is 6.88. The van der Waals surface area contributed by atoms with Gasteiger partial charge in [0, 0.05) is 13.0 Å². The van der Waals surface area contributed by atoms with Crippen LogP contribution in [0.15, 0.2) is 0 Å². The number of carbonyl (C=O) groups is 1. The summed E-state index contributed by atoms with van der Waals surface area (Å²) in [5.41, 5.74) is 0. The molecule has 1 aliphatic rings. The summed E-state index contributed by atoms with van der Waals surface area (Å²) in [7, 11) is 0. The van der Waals surface area contributed by atoms with E-state index >= 15 is 0 Å². The number of amides is 1. The number of carbonyl (C=O) groups excluding carboxylic acids is 1. The fourth-order valence-corrected chi connectivity index (χ4v) is 1.38. The molecule has 0 spiro atoms. The van der Waals surface area contributed by atoms with Crippen molar-refractivity contribution >= 4 is 5.91 Å². The molecule has 1 amide bonds. The van der Waals surface area contributed by atoms with Crippen LogP contribution < -0.4 is 0 Å². The lowest BCUT2D eigenvalue weighted by molar-refractivity contribution is -0.141. The van der Waals surface area contributed by atoms with E-state index in [1.165, 1.54) is 4.90 Å². The highest BCUT2D eigenvalue weighted by Crippen LogP contribution is 2.14. The number of nitrogens with zero attached hydrogens (tertiary/aromatic N) is 1. The smallest absolute Gasteiger partial charge is 0.224 e. The maximum atomic E-state index is 11.2. The van der Waals surface area contributed by atoms with Crippen LogP contribution in [0.4, 0.5) is 0 Å². The molecule has 3 nitrogen and oxygen atoms in total. The van der Waals surface area contributed by atoms with Crippen LogP contribution in [0.2, 0.25) is 0 Å². The summed E-state index contributed by atoms with van der Waals surface area (Å²) >= 11 is 0. The molecule has 0 bridgehead atoms. The van der Waals surface area contributed by atoms with Crippen molar-refractivity contribution in [3.8, 4) is 0 Å². The van der Waals surface area contributed by atoms with Crippen molar-refractivity contribution in [3.05, 3.63) is 0 Å². The van der Waals surface area contributed by atoms with Gasteiger partial charge in [0.2, 0.25) is 5.91 Å². The van der Waals surface area contributed by atoms with Gasteiger partial charge in [0.25, 0.3) is 0 Å². The average Bonchev–Trinajstić information content (AvgIpc) is 2.36. The van der Waals surface area contributed by atoms with Gasteiger partial charge >= 0.3 is 0 Å². The quantitative estimate of drug-likeness (QED) is 0.604. The molecule has 1 rings (SSSR count). The molecule has 0 aliphatic carbocycles. The lowest BCUT2D eigenvalue weighted by Crippen LogP contribution is -2.34. The molecule has 0 aromatic rings. The monoisotopic (exact) mass is 156 g/mol. The summed E-state index contributed by atoms with van der Waals surface area (Å²) < 4.78 is 0. The summed E-state index contributed by atoms with van der Waals surface area (Å²) in [6.45, 7) is 2.64. The molecule has 1 atom stereocenters. The SMILES string of the molecule is CCCC([O])N1CCCC1=O. The molecule has 3 heteroatoms. The number of likely N-dealkylation sites (tertiary alicyclic amines) is 1. The molecule has 0 N–H and O–H groups in total. The lowest BCUT2D eigenvalue weighted by Gasteiger charge is -2.19. The second-order valence-electron chi connectivity index (χ2n) is 2.93. The van der Waals surface area contributed by atoms with Gasteiger partial charge in [-0.25, -0.2) is 5.11 Å². The fourth-order valence-electron chi connectivity index (χ4n) is 1.38. The molecule has 0 aromatic heterocycles. The van der Waals surface area contributed by atoms with Crippen LogP contribution in [0.1, 0.15) is 32.6 Å². The minimum absolute atomic E-state index is 0.0402. The van der Waals surface area contributed by atoms with Crippen molar-refractivity contribution in [2.75, 3.05) is 6.54 Å². The van der Waals surface area contributed by atoms with E-state index in [1.54, 1.807) is 0 Å². The van der Waals surface area contributed by atoms with E-state index in [2.05, 4.69) is 0 Å². The highest BCUT2D eigenvalue weighted by molar-refractivity contribution is 5.78. The number of hydrogen-bond acceptors (Lipinski definition) is 1. The van der Waals surface area contributed by atoms with Gasteiger partial charge < -0.3 is 4.90 Å². The van der Waals surface area contributed by atoms with Gasteiger partial charge in [-0.05, 0) is 12.8 Å². The predicted molar refractivity (Wildman–Crippen MR) is 40.3 cm³/mol. The Balaban J connectivity index is 2.39. The van der Waals surface area contributed by atoms with Gasteiger partial charge in [0.15, 0.2) is 6.23 Å². The Morgan fingerprint density at radius 2 is 2.36 bits per heavy atom. The van der Waals surface area contributed by atoms with Gasteiger partial charge in [-0.2, -0.15) is 0 Å². The van der Waals surface area contributed by atoms with Crippen LogP contribution >= 0.6 is 0 Å². The van der Waals surface area contributed by atoms with E-state index in [9.17, 15) is 9.90 Å². The van der Waals surface area contributed by atoms with Gasteiger partial charge in [-0.1, -0.05) is 13.3 Å². The molecule has 11 heavy (non-hydrogen) atoms. The van der Waals surface area contributed by atoms with Crippen molar-refractivity contribution in [1.29, 1.82) is 0 Å². The molecule has 1 saturated heterocycles. The maximum Gasteiger partial charge on any atom is 0.224 e. The molecular weight excluding hydrogens is 142 g/mol. The zero-order valence-corrected chi connectivity index (χ0v) is 6.88. The van der Waals surface area contributed by atoms with Gasteiger partial charge in [0.1, 0.15) is 0 Å². The Bertz CT molecular complexity index is 147. The van der Waals surface area contributed by atoms with Crippen molar-refractivity contribution < 1.29 is 9.90 Å². The summed E-state index contributed by atoms with van der Waals surface area (Å²) in [5, 5.41) is 11.2. The summed E-state index contributed by atoms with van der Waals surface area (Å²) in [6, 6.07) is 0. The van der Waals surface area contributed by atoms with Crippen LogP contribution in [0.25, 0.3) is 0 Å². The predicted octanol–water partition coefficient (Wildman–Crippen LogP) is 1.17. The van der Waals surface area contributed by atoms with Gasteiger partial charge in [0.05, 0.1) is 0 Å². The minimum Gasteiger partial charge on any atom is -0.314 e. The van der Waals surface area contributed by atoms with Crippen LogP contribution in [0, 0.1) is 0 Å². The van der Waals surface area contributed by atoms with Crippen LogP contribution in [-0.4, -0.2) is 23.6 Å². The molecule has 1 radical (unpaired) electrons. The Labute approximate surface area is 67.0 Å². The highest BCUT2D eigenvalue weighted by atomic mass is 16.3. The van der Waals surface area contributed by atoms with E-state index in [4.69, 9.17) is 0 Å². The topological polar surface area (TPSA) is 40.2 Å². The average molecular weight is 156 g/mol. The fraction of sp³-hybridized carbons (Fsp3) is 0.875. The van der Waals surface area contributed by atoms with Crippen molar-refractivity contribution in [3.63, 3.8) is 0 Å². The Kier molecular flexibility index (Phi) is 2.88. The Morgan fingerprint density at radius 3 is 2.82 bits per heavy atom. The second-order valence-corrected chi connectivity index (χ2v) is 2.93. The van der Waals surface area contributed by atoms with Crippen LogP contribution in [0.5, 0.6) is 0 Å². The van der Waals surface area contributed by atoms with E-state index < -0.39 is 6.23 Å². The van der Waals surface area contributed by atoms with E-state index in [-0.39, 0.29) is 5.91 Å². The summed E-state index contributed by atoms with van der Waals surface area (Å²) in [6.07, 6.45) is 2.10. The van der Waals surface area contributed by atoms with Crippen LogP contribution in [-0.2, 0) is 9.90 Å². The normalized spacial score (nSPS) is 20.9. The number of rotatable bonds is 3. The van der Waals surface area contributed by atoms with Gasteiger partial charge in [-0.3, -0.25) is 4.79 Å². The summed E-state index contributed by atoms with van der Waals surface area (Å²) in [4.78, 5) is 12.5. The lowest BCUT2D eigenvalue weighted by atomic mass is 10.3. The largest absolute Gasteiger partial charge is 0.314 e. The standard InChI is InChI=1S/C8H14NO2/c1-2-4-7(10)9-6-3-5-8(9)11/h7H,2-6H2,1H3. The molecule has 0 aromatic carbocycles. The molecular formula is C8H14NO2. The van der Waals surface area contributed by atoms with Gasteiger partial charge in [-0.15, -0.1) is 0 Å². The minimum atomic E-state index is -0.782. The van der Waals surface area contributed by atoms with E-state index in [0.29, 0.717) is 19.4 Å². The first kappa shape index (κ1) is 8.53. The molecule has 0 saturated carbocycles. The summed E-state index contributed by atoms with van der Waals surface area (Å²) in [5.74, 6) is 0.0402. The molecule has 1 fully saturated rings. The highest BCUT2D eigenvalue weighted by Gasteiger charge is 2.26. The zero-order chi connectivity index (χ0) is 8.27. The molecule has 63 valence electrons. The van der Waals surface area contributed by atoms with Crippen molar-refractivity contribution in [2.24, 2.45) is 0 Å². The van der Waals surface area contributed by atoms with E-state index in [1.807, 2.05) is 6.92 Å². The third-order valence-electron chi connectivity index (χ3n) is 1.99. The first-order chi connectivity index (χ1) is 5.25. The first-order valence-corrected chi connectivity index (χ1v) is 4.21. The van der Waals surface area contributed by atoms with Crippen molar-refractivity contribution in [1.82, 2.24) is 4.90 Å². The first-order valence-electron chi connectivity index (χ1n) is 4.21. The third kappa shape index (κ3) is 1.93. The number of hydrogen-bond donors (Lipinski definition) is 0. The second kappa shape index (κ2) is 3.72. The Hall–Kier alpha value is -0.570. The molecule has 1 heterocycles. The van der Waals surface area contributed by atoms with Crippen LogP contribution in [0.3, 0.4) is 0 Å². The third-order valence-corrected chi connectivity index (χ3v) is 1.99.